The van der Waals surface area contributed by atoms with Crippen LogP contribution in [0.25, 0.3) is 10.9 Å². The lowest BCUT2D eigenvalue weighted by Crippen LogP contribution is -2.27. The summed E-state index contributed by atoms with van der Waals surface area (Å²) in [5, 5.41) is 0.701. The molecule has 26 heavy (non-hydrogen) atoms. The van der Waals surface area contributed by atoms with Crippen molar-refractivity contribution in [3.8, 4) is 0 Å². The number of anilines is 1. The Morgan fingerprint density at radius 1 is 1.27 bits per heavy atom. The molecule has 134 valence electrons. The van der Waals surface area contributed by atoms with Crippen LogP contribution in [0.15, 0.2) is 58.5 Å². The Hall–Kier alpha value is -3.20. The van der Waals surface area contributed by atoms with Gasteiger partial charge in [-0.2, -0.15) is 0 Å². The SMILES string of the molecule is Cc1cnc2c(S(=O)(=O)Nc3ccc(=O)n(CC(N)=O)c3)cccc2c1. The second-order valence-corrected chi connectivity index (χ2v) is 7.45. The number of rotatable bonds is 5. The van der Waals surface area contributed by atoms with Crippen LogP contribution in [0.2, 0.25) is 0 Å². The fourth-order valence-corrected chi connectivity index (χ4v) is 3.78. The van der Waals surface area contributed by atoms with Crippen LogP contribution in [0.1, 0.15) is 5.56 Å². The minimum Gasteiger partial charge on any atom is -0.368 e. The van der Waals surface area contributed by atoms with Crippen molar-refractivity contribution in [3.05, 3.63) is 64.7 Å². The molecule has 0 aliphatic carbocycles. The highest BCUT2D eigenvalue weighted by Gasteiger charge is 2.19. The van der Waals surface area contributed by atoms with E-state index in [9.17, 15) is 18.0 Å². The van der Waals surface area contributed by atoms with Crippen LogP contribution in [0.5, 0.6) is 0 Å². The average molecular weight is 372 g/mol. The maximum Gasteiger partial charge on any atom is 0.264 e. The molecule has 3 N–H and O–H groups in total. The fourth-order valence-electron chi connectivity index (χ4n) is 2.55. The van der Waals surface area contributed by atoms with Crippen molar-refractivity contribution in [2.75, 3.05) is 4.72 Å². The Morgan fingerprint density at radius 2 is 2.04 bits per heavy atom. The summed E-state index contributed by atoms with van der Waals surface area (Å²) < 4.78 is 29.0. The Bertz CT molecular complexity index is 1170. The fraction of sp³-hybridized carbons (Fsp3) is 0.118. The smallest absolute Gasteiger partial charge is 0.264 e. The number of para-hydroxylation sites is 1. The zero-order valence-electron chi connectivity index (χ0n) is 13.8. The summed E-state index contributed by atoms with van der Waals surface area (Å²) in [6.45, 7) is 1.53. The highest BCUT2D eigenvalue weighted by molar-refractivity contribution is 7.93. The summed E-state index contributed by atoms with van der Waals surface area (Å²) in [4.78, 5) is 27.0. The molecule has 0 unspecified atom stereocenters. The van der Waals surface area contributed by atoms with Crippen molar-refractivity contribution in [2.24, 2.45) is 5.73 Å². The number of nitrogens with two attached hydrogens (primary N) is 1. The van der Waals surface area contributed by atoms with E-state index in [2.05, 4.69) is 9.71 Å². The van der Waals surface area contributed by atoms with Crippen LogP contribution >= 0.6 is 0 Å². The molecular formula is C17H16N4O4S. The number of carbonyl (C=O) groups excluding carboxylic acids is 1. The maximum atomic E-state index is 12.8. The molecule has 0 fully saturated rings. The number of amides is 1. The first-order chi connectivity index (χ1) is 12.3. The van der Waals surface area contributed by atoms with Crippen molar-refractivity contribution in [2.45, 2.75) is 18.4 Å². The minimum absolute atomic E-state index is 0.0163. The summed E-state index contributed by atoms with van der Waals surface area (Å²) in [5.41, 5.74) is 6.02. The van der Waals surface area contributed by atoms with E-state index < -0.39 is 21.5 Å². The molecule has 8 nitrogen and oxygen atoms in total. The molecule has 0 saturated carbocycles. The third-order valence-electron chi connectivity index (χ3n) is 3.66. The molecule has 0 saturated heterocycles. The normalized spacial score (nSPS) is 11.4. The molecule has 9 heteroatoms. The largest absolute Gasteiger partial charge is 0.368 e. The van der Waals surface area contributed by atoms with Crippen molar-refractivity contribution in [3.63, 3.8) is 0 Å². The molecule has 0 aliphatic heterocycles. The van der Waals surface area contributed by atoms with Gasteiger partial charge in [0, 0.05) is 23.8 Å². The van der Waals surface area contributed by atoms with Gasteiger partial charge < -0.3 is 10.3 Å². The lowest BCUT2D eigenvalue weighted by atomic mass is 10.2. The Kier molecular flexibility index (Phi) is 4.47. The summed E-state index contributed by atoms with van der Waals surface area (Å²) in [6.07, 6.45) is 2.82. The number of hydrogen-bond acceptors (Lipinski definition) is 5. The number of nitrogens with one attached hydrogen (secondary N) is 1. The first-order valence-corrected chi connectivity index (χ1v) is 9.11. The van der Waals surface area contributed by atoms with Crippen molar-refractivity contribution in [1.29, 1.82) is 0 Å². The van der Waals surface area contributed by atoms with E-state index in [4.69, 9.17) is 5.73 Å². The third kappa shape index (κ3) is 3.57. The predicted octanol–water partition coefficient (Wildman–Crippen LogP) is 0.991. The van der Waals surface area contributed by atoms with Crippen LogP contribution < -0.4 is 16.0 Å². The average Bonchev–Trinajstić information content (AvgIpc) is 2.56. The van der Waals surface area contributed by atoms with Gasteiger partial charge in [0.15, 0.2) is 0 Å². The van der Waals surface area contributed by atoms with Crippen molar-refractivity contribution < 1.29 is 13.2 Å². The highest BCUT2D eigenvalue weighted by atomic mass is 32.2. The Labute approximate surface area is 149 Å². The summed E-state index contributed by atoms with van der Waals surface area (Å²) >= 11 is 0. The van der Waals surface area contributed by atoms with Crippen molar-refractivity contribution in [1.82, 2.24) is 9.55 Å². The van der Waals surface area contributed by atoms with Gasteiger partial charge in [-0.3, -0.25) is 19.3 Å². The molecule has 2 heterocycles. The second-order valence-electron chi connectivity index (χ2n) is 5.80. The highest BCUT2D eigenvalue weighted by Crippen LogP contribution is 2.23. The number of nitrogens with zero attached hydrogens (tertiary/aromatic N) is 2. The number of fused-ring (bicyclic) bond motifs is 1. The quantitative estimate of drug-likeness (QED) is 0.691. The van der Waals surface area contributed by atoms with Crippen molar-refractivity contribution >= 4 is 32.5 Å². The van der Waals surface area contributed by atoms with Gasteiger partial charge in [0.2, 0.25) is 5.91 Å². The van der Waals surface area contributed by atoms with Gasteiger partial charge in [-0.15, -0.1) is 0 Å². The van der Waals surface area contributed by atoms with Crippen LogP contribution in [0, 0.1) is 6.92 Å². The Balaban J connectivity index is 2.03. The number of sulfonamides is 1. The van der Waals surface area contributed by atoms with E-state index in [1.54, 1.807) is 18.3 Å². The zero-order chi connectivity index (χ0) is 18.9. The monoisotopic (exact) mass is 372 g/mol. The number of carbonyl (C=O) groups is 1. The molecule has 0 spiro atoms. The number of primary amides is 1. The molecule has 0 atom stereocenters. The predicted molar refractivity (Wildman–Crippen MR) is 97.2 cm³/mol. The van der Waals surface area contributed by atoms with Crippen LogP contribution in [0.4, 0.5) is 5.69 Å². The van der Waals surface area contributed by atoms with E-state index in [0.29, 0.717) is 10.9 Å². The van der Waals surface area contributed by atoms with E-state index in [0.717, 1.165) is 16.2 Å². The second kappa shape index (κ2) is 6.60. The molecule has 3 aromatic rings. The van der Waals surface area contributed by atoms with Gasteiger partial charge in [-0.05, 0) is 30.7 Å². The van der Waals surface area contributed by atoms with E-state index >= 15 is 0 Å². The van der Waals surface area contributed by atoms with Crippen LogP contribution in [0.3, 0.4) is 0 Å². The number of hydrogen-bond donors (Lipinski definition) is 2. The lowest BCUT2D eigenvalue weighted by molar-refractivity contribution is -0.118. The van der Waals surface area contributed by atoms with E-state index in [1.165, 1.54) is 18.3 Å². The minimum atomic E-state index is -3.95. The standard InChI is InChI=1S/C17H16N4O4S/c1-11-7-12-3-2-4-14(17(12)19-8-11)26(24,25)20-13-5-6-16(23)21(9-13)10-15(18)22/h2-9,20H,10H2,1H3,(H2,18,22). The summed E-state index contributed by atoms with van der Waals surface area (Å²) in [5.74, 6) is -0.708. The molecule has 0 bridgehead atoms. The number of aromatic nitrogens is 2. The molecule has 0 radical (unpaired) electrons. The number of aryl methyl sites for hydroxylation is 1. The summed E-state index contributed by atoms with van der Waals surface area (Å²) in [6, 6.07) is 9.18. The first-order valence-electron chi connectivity index (χ1n) is 7.63. The van der Waals surface area contributed by atoms with Gasteiger partial charge in [0.05, 0.1) is 11.2 Å². The van der Waals surface area contributed by atoms with Gasteiger partial charge in [0.25, 0.3) is 15.6 Å². The molecule has 1 aromatic carbocycles. The number of pyridine rings is 2. The Morgan fingerprint density at radius 3 is 2.77 bits per heavy atom. The van der Waals surface area contributed by atoms with Crippen LogP contribution in [-0.4, -0.2) is 23.9 Å². The van der Waals surface area contributed by atoms with Gasteiger partial charge in [-0.1, -0.05) is 12.1 Å². The molecule has 3 rings (SSSR count). The zero-order valence-corrected chi connectivity index (χ0v) is 14.7. The lowest BCUT2D eigenvalue weighted by Gasteiger charge is -2.11. The van der Waals surface area contributed by atoms with Gasteiger partial charge >= 0.3 is 0 Å². The van der Waals surface area contributed by atoms with Gasteiger partial charge in [0.1, 0.15) is 11.4 Å². The van der Waals surface area contributed by atoms with E-state index in [1.807, 2.05) is 13.0 Å². The maximum absolute atomic E-state index is 12.8. The molecule has 0 aliphatic rings. The molecule has 2 aromatic heterocycles. The summed E-state index contributed by atoms with van der Waals surface area (Å²) in [7, 11) is -3.95. The first kappa shape index (κ1) is 17.6. The third-order valence-corrected chi connectivity index (χ3v) is 5.07. The molecule has 1 amide bonds. The topological polar surface area (TPSA) is 124 Å². The van der Waals surface area contributed by atoms with Gasteiger partial charge in [-0.25, -0.2) is 8.42 Å². The number of benzene rings is 1. The van der Waals surface area contributed by atoms with E-state index in [-0.39, 0.29) is 17.1 Å². The molecular weight excluding hydrogens is 356 g/mol. The van der Waals surface area contributed by atoms with Crippen LogP contribution in [-0.2, 0) is 21.4 Å².